The molecule has 0 spiro atoms. The number of Topliss-reactive ketones (excluding diaryl/α,β-unsaturated/α-hetero) is 1. The Hall–Kier alpha value is -4.73. The average Bonchev–Trinajstić information content (AvgIpc) is 3.69. The first-order valence-corrected chi connectivity index (χ1v) is 13.5. The Balaban J connectivity index is 1.23. The van der Waals surface area contributed by atoms with Gasteiger partial charge < -0.3 is 19.5 Å². The van der Waals surface area contributed by atoms with Crippen LogP contribution in [0.25, 0.3) is 22.3 Å². The summed E-state index contributed by atoms with van der Waals surface area (Å²) in [7, 11) is 1.50. The largest absolute Gasteiger partial charge is 0.494 e. The summed E-state index contributed by atoms with van der Waals surface area (Å²) in [6.07, 6.45) is 11.6. The van der Waals surface area contributed by atoms with Crippen LogP contribution in [0.5, 0.6) is 5.75 Å². The van der Waals surface area contributed by atoms with Crippen LogP contribution in [0.4, 0.5) is 0 Å². The summed E-state index contributed by atoms with van der Waals surface area (Å²) in [5.74, 6) is -0.437. The highest BCUT2D eigenvalue weighted by Gasteiger charge is 2.31. The number of methoxy groups -OCH3 is 1. The second-order valence-electron chi connectivity index (χ2n) is 10.0. The highest BCUT2D eigenvalue weighted by molar-refractivity contribution is 6.45. The summed E-state index contributed by atoms with van der Waals surface area (Å²) in [4.78, 5) is 50.4. The van der Waals surface area contributed by atoms with Gasteiger partial charge in [0, 0.05) is 44.1 Å². The Morgan fingerprint density at radius 1 is 0.975 bits per heavy atom. The van der Waals surface area contributed by atoms with Gasteiger partial charge in [-0.3, -0.25) is 14.4 Å². The molecule has 1 aromatic carbocycles. The van der Waals surface area contributed by atoms with Gasteiger partial charge in [-0.15, -0.1) is 0 Å². The number of pyridine rings is 1. The van der Waals surface area contributed by atoms with Crippen molar-refractivity contribution in [1.29, 1.82) is 0 Å². The molecule has 4 heterocycles. The highest BCUT2D eigenvalue weighted by Crippen LogP contribution is 2.33. The topological polar surface area (TPSA) is 113 Å². The maximum Gasteiger partial charge on any atom is 0.295 e. The fourth-order valence-electron chi connectivity index (χ4n) is 5.43. The summed E-state index contributed by atoms with van der Waals surface area (Å²) < 4.78 is 7.22. The molecule has 0 unspecified atom stereocenters. The number of amides is 2. The predicted molar refractivity (Wildman–Crippen MR) is 149 cm³/mol. The van der Waals surface area contributed by atoms with Crippen molar-refractivity contribution in [1.82, 2.24) is 29.5 Å². The second-order valence-corrected chi connectivity index (χ2v) is 10.0. The predicted octanol–water partition coefficient (Wildman–Crippen LogP) is 3.88. The number of nitrogens with one attached hydrogen (secondary N) is 1. The van der Waals surface area contributed by atoms with Crippen LogP contribution in [0, 0.1) is 0 Å². The molecule has 1 fully saturated rings. The van der Waals surface area contributed by atoms with Crippen molar-refractivity contribution in [3.63, 3.8) is 0 Å². The number of benzene rings is 1. The molecule has 1 N–H and O–H groups in total. The molecule has 0 radical (unpaired) electrons. The van der Waals surface area contributed by atoms with Gasteiger partial charge in [0.1, 0.15) is 5.75 Å². The summed E-state index contributed by atoms with van der Waals surface area (Å²) in [5, 5.41) is 5.23. The van der Waals surface area contributed by atoms with Gasteiger partial charge in [-0.25, -0.2) is 9.67 Å². The zero-order valence-electron chi connectivity index (χ0n) is 22.3. The number of carbonyl (C=O) groups is 3. The number of ether oxygens (including phenoxy) is 1. The van der Waals surface area contributed by atoms with Crippen LogP contribution in [0.1, 0.15) is 52.1 Å². The van der Waals surface area contributed by atoms with Gasteiger partial charge in [-0.2, -0.15) is 5.10 Å². The Morgan fingerprint density at radius 2 is 1.75 bits per heavy atom. The van der Waals surface area contributed by atoms with Crippen molar-refractivity contribution in [3.8, 4) is 11.6 Å². The van der Waals surface area contributed by atoms with Crippen LogP contribution < -0.4 is 4.74 Å². The lowest BCUT2D eigenvalue weighted by Crippen LogP contribution is -2.52. The molecule has 10 heteroatoms. The van der Waals surface area contributed by atoms with E-state index in [9.17, 15) is 14.4 Å². The van der Waals surface area contributed by atoms with Crippen LogP contribution in [0.3, 0.4) is 0 Å². The van der Waals surface area contributed by atoms with Crippen LogP contribution >= 0.6 is 0 Å². The van der Waals surface area contributed by atoms with E-state index in [1.165, 1.54) is 30.2 Å². The first-order chi connectivity index (χ1) is 19.5. The lowest BCUT2D eigenvalue weighted by atomic mass is 9.97. The standard InChI is InChI=1S/C30H30N6O4/c1-40-24-19-32-28(36-13-12-23(33-36)20-8-4-2-5-9-20)26-25(24)22(18-31-26)27(37)30(39)35-16-14-34(15-17-35)29(38)21-10-6-3-7-11-21/h3,6-8,10-13,18-19,31H,2,4-5,9,14-17H2,1H3. The lowest BCUT2D eigenvalue weighted by Gasteiger charge is -2.34. The number of carbonyl (C=O) groups excluding carboxylic acids is 3. The van der Waals surface area contributed by atoms with Crippen molar-refractivity contribution in [2.45, 2.75) is 25.7 Å². The van der Waals surface area contributed by atoms with E-state index in [-0.39, 0.29) is 24.6 Å². The molecule has 40 heavy (non-hydrogen) atoms. The zero-order valence-corrected chi connectivity index (χ0v) is 22.3. The van der Waals surface area contributed by atoms with Gasteiger partial charge in [0.25, 0.3) is 17.6 Å². The number of ketones is 1. The number of aromatic nitrogens is 4. The van der Waals surface area contributed by atoms with Crippen LogP contribution in [-0.2, 0) is 4.79 Å². The van der Waals surface area contributed by atoms with Gasteiger partial charge in [-0.1, -0.05) is 24.3 Å². The third-order valence-corrected chi connectivity index (χ3v) is 7.61. The van der Waals surface area contributed by atoms with Crippen LogP contribution in [0.15, 0.2) is 61.1 Å². The van der Waals surface area contributed by atoms with Crippen molar-refractivity contribution in [2.24, 2.45) is 0 Å². The number of hydrogen-bond donors (Lipinski definition) is 1. The van der Waals surface area contributed by atoms with Gasteiger partial charge in [-0.05, 0) is 49.5 Å². The number of allylic oxidation sites excluding steroid dienone is 2. The minimum absolute atomic E-state index is 0.0815. The monoisotopic (exact) mass is 538 g/mol. The molecular formula is C30H30N6O4. The number of fused-ring (bicyclic) bond motifs is 1. The van der Waals surface area contributed by atoms with E-state index in [0.29, 0.717) is 41.1 Å². The minimum atomic E-state index is -0.641. The number of piperazine rings is 1. The molecule has 2 aliphatic rings. The van der Waals surface area contributed by atoms with E-state index in [4.69, 9.17) is 9.84 Å². The summed E-state index contributed by atoms with van der Waals surface area (Å²) in [6, 6.07) is 11.0. The molecule has 0 saturated carbocycles. The molecule has 1 saturated heterocycles. The SMILES string of the molecule is COc1cnc(-n2ccc(C3=CCCCC3)n2)c2[nH]cc(C(=O)C(=O)N3CCN(C(=O)c4ccccc4)CC3)c12. The van der Waals surface area contributed by atoms with Gasteiger partial charge in [0.05, 0.1) is 35.5 Å². The molecule has 0 atom stereocenters. The summed E-state index contributed by atoms with van der Waals surface area (Å²) in [6.45, 7) is 1.27. The van der Waals surface area contributed by atoms with E-state index in [2.05, 4.69) is 16.0 Å². The van der Waals surface area contributed by atoms with Gasteiger partial charge >= 0.3 is 0 Å². The molecule has 3 aromatic heterocycles. The Kier molecular flexibility index (Phi) is 6.90. The summed E-state index contributed by atoms with van der Waals surface area (Å²) in [5.41, 5.74) is 3.52. The maximum atomic E-state index is 13.5. The fraction of sp³-hybridized carbons (Fsp3) is 0.300. The van der Waals surface area contributed by atoms with E-state index in [0.717, 1.165) is 25.0 Å². The Labute approximate surface area is 231 Å². The zero-order chi connectivity index (χ0) is 27.6. The molecule has 204 valence electrons. The first-order valence-electron chi connectivity index (χ1n) is 13.5. The highest BCUT2D eigenvalue weighted by atomic mass is 16.5. The second kappa shape index (κ2) is 10.8. The molecule has 6 rings (SSSR count). The van der Waals surface area contributed by atoms with E-state index in [1.54, 1.807) is 27.9 Å². The Morgan fingerprint density at radius 3 is 2.48 bits per heavy atom. The third-order valence-electron chi connectivity index (χ3n) is 7.61. The number of hydrogen-bond acceptors (Lipinski definition) is 6. The van der Waals surface area contributed by atoms with Gasteiger partial charge in [0.15, 0.2) is 5.82 Å². The molecule has 0 bridgehead atoms. The average molecular weight is 539 g/mol. The van der Waals surface area contributed by atoms with E-state index >= 15 is 0 Å². The van der Waals surface area contributed by atoms with Gasteiger partial charge in [0.2, 0.25) is 0 Å². The molecule has 1 aliphatic carbocycles. The summed E-state index contributed by atoms with van der Waals surface area (Å²) >= 11 is 0. The van der Waals surface area contributed by atoms with Crippen molar-refractivity contribution >= 4 is 34.1 Å². The number of rotatable bonds is 6. The number of H-pyrrole nitrogens is 1. The number of nitrogens with zero attached hydrogens (tertiary/aromatic N) is 5. The van der Waals surface area contributed by atoms with E-state index in [1.807, 2.05) is 30.5 Å². The van der Waals surface area contributed by atoms with Crippen molar-refractivity contribution < 1.29 is 19.1 Å². The molecular weight excluding hydrogens is 508 g/mol. The first kappa shape index (κ1) is 25.5. The quantitative estimate of drug-likeness (QED) is 0.294. The smallest absolute Gasteiger partial charge is 0.295 e. The fourth-order valence-corrected chi connectivity index (χ4v) is 5.43. The van der Waals surface area contributed by atoms with Crippen molar-refractivity contribution in [2.75, 3.05) is 33.3 Å². The maximum absolute atomic E-state index is 13.5. The van der Waals surface area contributed by atoms with Crippen LogP contribution in [0.2, 0.25) is 0 Å². The molecule has 1 aliphatic heterocycles. The molecule has 2 amide bonds. The molecule has 4 aromatic rings. The lowest BCUT2D eigenvalue weighted by molar-refractivity contribution is -0.127. The normalized spacial score (nSPS) is 15.7. The van der Waals surface area contributed by atoms with Crippen LogP contribution in [-0.4, -0.2) is 80.4 Å². The minimum Gasteiger partial charge on any atom is -0.494 e. The number of aromatic amines is 1. The third kappa shape index (κ3) is 4.66. The molecule has 10 nitrogen and oxygen atoms in total. The van der Waals surface area contributed by atoms with Crippen molar-refractivity contribution in [3.05, 3.63) is 77.9 Å². The Bertz CT molecular complexity index is 1610. The van der Waals surface area contributed by atoms with E-state index < -0.39 is 11.7 Å².